The highest BCUT2D eigenvalue weighted by Gasteiger charge is 2.39. The molecule has 0 aliphatic heterocycles. The van der Waals surface area contributed by atoms with Crippen molar-refractivity contribution >= 4 is 15.8 Å². The van der Waals surface area contributed by atoms with E-state index in [0.29, 0.717) is 29.5 Å². The van der Waals surface area contributed by atoms with Gasteiger partial charge in [0.25, 0.3) is 10.0 Å². The molecule has 1 fully saturated rings. The molecule has 0 radical (unpaired) electrons. The van der Waals surface area contributed by atoms with Crippen LogP contribution in [-0.2, 0) is 23.6 Å². The Labute approximate surface area is 255 Å². The SMILES string of the molecule is COc1ccc(CN(c2ccncn2)S(=O)(=O)c2cc(F)c(OC3CC(C)(C)CCC3c3ccnn3C)cc2F)c(OC)c1. The molecular formula is C31H35F2N5O5S. The van der Waals surface area contributed by atoms with Crippen molar-refractivity contribution in [2.75, 3.05) is 18.5 Å². The molecule has 2 aromatic heterocycles. The van der Waals surface area contributed by atoms with E-state index in [-0.39, 0.29) is 29.4 Å². The number of anilines is 1. The van der Waals surface area contributed by atoms with Gasteiger partial charge < -0.3 is 14.2 Å². The summed E-state index contributed by atoms with van der Waals surface area (Å²) in [5.74, 6) is -1.82. The van der Waals surface area contributed by atoms with Gasteiger partial charge in [0.05, 0.1) is 20.8 Å². The van der Waals surface area contributed by atoms with Crippen molar-refractivity contribution in [1.29, 1.82) is 0 Å². The monoisotopic (exact) mass is 627 g/mol. The van der Waals surface area contributed by atoms with Gasteiger partial charge in [-0.15, -0.1) is 0 Å². The summed E-state index contributed by atoms with van der Waals surface area (Å²) in [6.07, 6.45) is 6.03. The lowest BCUT2D eigenvalue weighted by molar-refractivity contribution is 0.0587. The molecule has 13 heteroatoms. The molecule has 0 spiro atoms. The second kappa shape index (κ2) is 12.4. The summed E-state index contributed by atoms with van der Waals surface area (Å²) in [5, 5.41) is 4.26. The van der Waals surface area contributed by atoms with Crippen LogP contribution < -0.4 is 18.5 Å². The predicted octanol–water partition coefficient (Wildman–Crippen LogP) is 5.64. The highest BCUT2D eigenvalue weighted by molar-refractivity contribution is 7.92. The molecule has 1 saturated carbocycles. The van der Waals surface area contributed by atoms with E-state index in [1.165, 1.54) is 32.8 Å². The topological polar surface area (TPSA) is 109 Å². The first-order valence-corrected chi connectivity index (χ1v) is 15.5. The maximum atomic E-state index is 15.8. The molecule has 2 heterocycles. The van der Waals surface area contributed by atoms with Gasteiger partial charge in [-0.25, -0.2) is 31.5 Å². The number of ether oxygens (including phenoxy) is 3. The highest BCUT2D eigenvalue weighted by Crippen LogP contribution is 2.45. The second-order valence-electron chi connectivity index (χ2n) is 11.5. The van der Waals surface area contributed by atoms with Crippen LogP contribution in [0.15, 0.2) is 66.1 Å². The van der Waals surface area contributed by atoms with E-state index in [2.05, 4.69) is 28.9 Å². The molecule has 2 aromatic carbocycles. The van der Waals surface area contributed by atoms with Crippen LogP contribution in [0.2, 0.25) is 0 Å². The van der Waals surface area contributed by atoms with Crippen molar-refractivity contribution in [1.82, 2.24) is 19.7 Å². The molecule has 0 bridgehead atoms. The van der Waals surface area contributed by atoms with Gasteiger partial charge in [-0.05, 0) is 42.9 Å². The molecule has 44 heavy (non-hydrogen) atoms. The Morgan fingerprint density at radius 2 is 1.82 bits per heavy atom. The highest BCUT2D eigenvalue weighted by atomic mass is 32.2. The standard InChI is InChI=1S/C31H35F2N5O5S/c1-31(2)11-8-22(25-9-13-36-37(25)3)28(17-31)43-27-15-24(33)29(16-23(27)32)44(39,40)38(30-10-12-34-19-35-30)18-20-6-7-21(41-4)14-26(20)42-5/h6-7,9-10,12-16,19,22,28H,8,11,17-18H2,1-5H3. The summed E-state index contributed by atoms with van der Waals surface area (Å²) in [4.78, 5) is 7.07. The second-order valence-corrected chi connectivity index (χ2v) is 13.4. The van der Waals surface area contributed by atoms with Crippen molar-refractivity contribution in [3.8, 4) is 17.2 Å². The third kappa shape index (κ3) is 6.33. The summed E-state index contributed by atoms with van der Waals surface area (Å²) < 4.78 is 78.9. The molecule has 1 aliphatic rings. The largest absolute Gasteiger partial charge is 0.497 e. The van der Waals surface area contributed by atoms with E-state index in [1.54, 1.807) is 29.1 Å². The summed E-state index contributed by atoms with van der Waals surface area (Å²) in [6.45, 7) is 3.92. The van der Waals surface area contributed by atoms with Crippen LogP contribution in [0.5, 0.6) is 17.2 Å². The Balaban J connectivity index is 1.50. The summed E-state index contributed by atoms with van der Waals surface area (Å²) in [6, 6.07) is 9.58. The van der Waals surface area contributed by atoms with Crippen LogP contribution in [0.3, 0.4) is 0 Å². The molecule has 5 rings (SSSR count). The van der Waals surface area contributed by atoms with Crippen molar-refractivity contribution in [3.05, 3.63) is 84.1 Å². The number of aromatic nitrogens is 4. The van der Waals surface area contributed by atoms with E-state index in [9.17, 15) is 8.42 Å². The average molecular weight is 628 g/mol. The quantitative estimate of drug-likeness (QED) is 0.222. The number of methoxy groups -OCH3 is 2. The Morgan fingerprint density at radius 1 is 1.02 bits per heavy atom. The lowest BCUT2D eigenvalue weighted by Gasteiger charge is -2.40. The summed E-state index contributed by atoms with van der Waals surface area (Å²) in [7, 11) is 0.0615. The lowest BCUT2D eigenvalue weighted by atomic mass is 9.70. The zero-order chi connectivity index (χ0) is 31.6. The number of nitrogens with zero attached hydrogens (tertiary/aromatic N) is 5. The number of aryl methyl sites for hydroxylation is 1. The van der Waals surface area contributed by atoms with E-state index in [1.807, 2.05) is 13.1 Å². The van der Waals surface area contributed by atoms with Gasteiger partial charge >= 0.3 is 0 Å². The number of hydrogen-bond acceptors (Lipinski definition) is 8. The van der Waals surface area contributed by atoms with E-state index < -0.39 is 32.7 Å². The number of benzene rings is 2. The molecule has 4 aromatic rings. The van der Waals surface area contributed by atoms with Gasteiger partial charge in [-0.3, -0.25) is 4.68 Å². The fourth-order valence-corrected chi connectivity index (χ4v) is 7.13. The van der Waals surface area contributed by atoms with Gasteiger partial charge in [-0.2, -0.15) is 5.10 Å². The average Bonchev–Trinajstić information content (AvgIpc) is 3.42. The first-order chi connectivity index (χ1) is 20.9. The molecule has 1 aliphatic carbocycles. The molecule has 2 atom stereocenters. The first-order valence-electron chi connectivity index (χ1n) is 14.1. The van der Waals surface area contributed by atoms with Crippen LogP contribution >= 0.6 is 0 Å². The third-order valence-electron chi connectivity index (χ3n) is 8.04. The van der Waals surface area contributed by atoms with E-state index >= 15 is 8.78 Å². The summed E-state index contributed by atoms with van der Waals surface area (Å²) >= 11 is 0. The molecule has 2 unspecified atom stereocenters. The van der Waals surface area contributed by atoms with Gasteiger partial charge in [0.15, 0.2) is 11.6 Å². The normalized spacial score (nSPS) is 18.1. The van der Waals surface area contributed by atoms with Crippen LogP contribution in [0.25, 0.3) is 0 Å². The first kappa shape index (κ1) is 31.2. The maximum absolute atomic E-state index is 15.8. The van der Waals surface area contributed by atoms with Crippen LogP contribution in [-0.4, -0.2) is 48.5 Å². The fourth-order valence-electron chi connectivity index (χ4n) is 5.67. The maximum Gasteiger partial charge on any atom is 0.268 e. The van der Waals surface area contributed by atoms with Crippen LogP contribution in [0.1, 0.15) is 50.3 Å². The number of hydrogen-bond donors (Lipinski definition) is 0. The molecule has 0 amide bonds. The minimum Gasteiger partial charge on any atom is -0.497 e. The van der Waals surface area contributed by atoms with Crippen LogP contribution in [0.4, 0.5) is 14.6 Å². The minimum atomic E-state index is -4.69. The van der Waals surface area contributed by atoms with E-state index in [4.69, 9.17) is 14.2 Å². The Bertz CT molecular complexity index is 1730. The van der Waals surface area contributed by atoms with Gasteiger partial charge in [-0.1, -0.05) is 13.8 Å². The van der Waals surface area contributed by atoms with Crippen molar-refractivity contribution < 1.29 is 31.4 Å². The molecule has 10 nitrogen and oxygen atoms in total. The summed E-state index contributed by atoms with van der Waals surface area (Å²) in [5.41, 5.74) is 1.29. The number of sulfonamides is 1. The van der Waals surface area contributed by atoms with Crippen molar-refractivity contribution in [3.63, 3.8) is 0 Å². The van der Waals surface area contributed by atoms with Crippen molar-refractivity contribution in [2.24, 2.45) is 12.5 Å². The third-order valence-corrected chi connectivity index (χ3v) is 9.80. The van der Waals surface area contributed by atoms with E-state index in [0.717, 1.165) is 28.9 Å². The fraction of sp³-hybridized carbons (Fsp3) is 0.387. The molecular weight excluding hydrogens is 592 g/mol. The zero-order valence-corrected chi connectivity index (χ0v) is 26.0. The van der Waals surface area contributed by atoms with Crippen LogP contribution in [0, 0.1) is 17.0 Å². The van der Waals surface area contributed by atoms with Gasteiger partial charge in [0.2, 0.25) is 0 Å². The smallest absolute Gasteiger partial charge is 0.268 e. The predicted molar refractivity (Wildman–Crippen MR) is 159 cm³/mol. The molecule has 234 valence electrons. The Hall–Kier alpha value is -4.26. The van der Waals surface area contributed by atoms with Gasteiger partial charge in [0, 0.05) is 60.9 Å². The molecule has 0 N–H and O–H groups in total. The Morgan fingerprint density at radius 3 is 2.48 bits per heavy atom. The Kier molecular flexibility index (Phi) is 8.78. The lowest BCUT2D eigenvalue weighted by Crippen LogP contribution is -2.37. The zero-order valence-electron chi connectivity index (χ0n) is 25.2. The minimum absolute atomic E-state index is 0.0403. The van der Waals surface area contributed by atoms with Crippen molar-refractivity contribution in [2.45, 2.75) is 56.6 Å². The van der Waals surface area contributed by atoms with Gasteiger partial charge in [0.1, 0.15) is 40.5 Å². The number of halogens is 2. The number of rotatable bonds is 10. The molecule has 0 saturated heterocycles.